The van der Waals surface area contributed by atoms with Gasteiger partial charge in [0, 0.05) is 22.8 Å². The Morgan fingerprint density at radius 1 is 1.07 bits per heavy atom. The summed E-state index contributed by atoms with van der Waals surface area (Å²) < 4.78 is 31.8. The maximum Gasteiger partial charge on any atom is 0.340 e. The van der Waals surface area contributed by atoms with Gasteiger partial charge >= 0.3 is 5.97 Å². The Kier molecular flexibility index (Phi) is 5.00. The molecule has 140 valence electrons. The number of hydrogen-bond acceptors (Lipinski definition) is 5. The first kappa shape index (κ1) is 18.7. The number of aromatic nitrogens is 1. The van der Waals surface area contributed by atoms with Gasteiger partial charge in [-0.3, -0.25) is 14.1 Å². The average molecular weight is 386 g/mol. The van der Waals surface area contributed by atoms with Crippen LogP contribution in [-0.2, 0) is 14.8 Å². The number of sulfonamides is 1. The van der Waals surface area contributed by atoms with E-state index in [1.165, 1.54) is 49.1 Å². The number of nitrogens with one attached hydrogen (secondary N) is 1. The fourth-order valence-electron chi connectivity index (χ4n) is 2.69. The molecule has 0 bridgehead atoms. The number of carbonyl (C=O) groups is 2. The van der Waals surface area contributed by atoms with Crippen molar-refractivity contribution in [2.45, 2.75) is 6.92 Å². The molecule has 8 heteroatoms. The van der Waals surface area contributed by atoms with Gasteiger partial charge in [-0.2, -0.15) is 0 Å². The predicted octanol–water partition coefficient (Wildman–Crippen LogP) is 2.88. The minimum atomic E-state index is -3.39. The first-order chi connectivity index (χ1) is 12.9. The van der Waals surface area contributed by atoms with Gasteiger partial charge in [0.1, 0.15) is 0 Å². The summed E-state index contributed by atoms with van der Waals surface area (Å²) in [5.41, 5.74) is 1.61. The third-order valence-electron chi connectivity index (χ3n) is 4.12. The summed E-state index contributed by atoms with van der Waals surface area (Å²) in [6.07, 6.45) is 1.45. The number of anilines is 1. The summed E-state index contributed by atoms with van der Waals surface area (Å²) >= 11 is 0. The zero-order chi connectivity index (χ0) is 19.6. The molecule has 0 spiro atoms. The lowest BCUT2D eigenvalue weighted by molar-refractivity contribution is 0.0603. The topological polar surface area (TPSA) is 94.5 Å². The molecule has 2 aromatic carbocycles. The van der Waals surface area contributed by atoms with Crippen LogP contribution >= 0.6 is 0 Å². The molecular weight excluding hydrogens is 368 g/mol. The van der Waals surface area contributed by atoms with Crippen LogP contribution in [0.1, 0.15) is 27.6 Å². The van der Waals surface area contributed by atoms with Crippen molar-refractivity contribution in [2.75, 3.05) is 17.6 Å². The number of para-hydroxylation sites is 1. The standard InChI is InChI=1S/C19H18N2O5S/c1-3-27(24,25)20-14-10-8-13(9-11-14)18(22)21-12-16(19(23)26-2)15-6-4-5-7-17(15)21/h4-12,20H,3H2,1-2H3. The molecule has 0 aliphatic carbocycles. The smallest absolute Gasteiger partial charge is 0.340 e. The number of ether oxygens (including phenoxy) is 1. The lowest BCUT2D eigenvalue weighted by Crippen LogP contribution is -2.15. The molecule has 3 rings (SSSR count). The summed E-state index contributed by atoms with van der Waals surface area (Å²) in [5, 5.41) is 0.616. The van der Waals surface area contributed by atoms with Crippen LogP contribution in [0.3, 0.4) is 0 Å². The lowest BCUT2D eigenvalue weighted by atomic mass is 10.2. The Labute approximate surface area is 156 Å². The van der Waals surface area contributed by atoms with Crippen LogP contribution in [0.4, 0.5) is 5.69 Å². The molecule has 3 aromatic rings. The molecule has 1 aromatic heterocycles. The summed E-state index contributed by atoms with van der Waals surface area (Å²) in [7, 11) is -2.10. The molecule has 0 aliphatic heterocycles. The van der Waals surface area contributed by atoms with E-state index in [1.807, 2.05) is 0 Å². The highest BCUT2D eigenvalue weighted by atomic mass is 32.2. The molecule has 0 radical (unpaired) electrons. The van der Waals surface area contributed by atoms with Crippen LogP contribution in [0, 0.1) is 0 Å². The van der Waals surface area contributed by atoms with Crippen molar-refractivity contribution < 1.29 is 22.7 Å². The van der Waals surface area contributed by atoms with Gasteiger partial charge in [-0.05, 0) is 37.3 Å². The largest absolute Gasteiger partial charge is 0.465 e. The Bertz CT molecular complexity index is 1110. The summed E-state index contributed by atoms with van der Waals surface area (Å²) in [5.74, 6) is -0.910. The molecule has 0 saturated carbocycles. The van der Waals surface area contributed by atoms with Crippen LogP contribution < -0.4 is 4.72 Å². The minimum absolute atomic E-state index is 0.0423. The molecule has 0 fully saturated rings. The molecular formula is C19H18N2O5S. The number of hydrogen-bond donors (Lipinski definition) is 1. The molecule has 1 N–H and O–H groups in total. The molecule has 0 amide bonds. The first-order valence-corrected chi connectivity index (χ1v) is 9.85. The number of esters is 1. The van der Waals surface area contributed by atoms with E-state index in [2.05, 4.69) is 4.72 Å². The first-order valence-electron chi connectivity index (χ1n) is 8.20. The minimum Gasteiger partial charge on any atom is -0.465 e. The van der Waals surface area contributed by atoms with Crippen LogP contribution in [0.5, 0.6) is 0 Å². The van der Waals surface area contributed by atoms with Crippen LogP contribution in [-0.4, -0.2) is 37.7 Å². The third-order valence-corrected chi connectivity index (χ3v) is 5.43. The summed E-state index contributed by atoms with van der Waals surface area (Å²) in [6.45, 7) is 1.54. The van der Waals surface area contributed by atoms with E-state index in [9.17, 15) is 18.0 Å². The van der Waals surface area contributed by atoms with Gasteiger partial charge in [-0.15, -0.1) is 0 Å². The molecule has 7 nitrogen and oxygen atoms in total. The Morgan fingerprint density at radius 2 is 1.74 bits per heavy atom. The number of fused-ring (bicyclic) bond motifs is 1. The molecule has 0 atom stereocenters. The Hall–Kier alpha value is -3.13. The van der Waals surface area contributed by atoms with Crippen molar-refractivity contribution in [3.05, 3.63) is 65.9 Å². The van der Waals surface area contributed by atoms with Crippen molar-refractivity contribution in [1.82, 2.24) is 4.57 Å². The molecule has 1 heterocycles. The monoisotopic (exact) mass is 386 g/mol. The van der Waals surface area contributed by atoms with Crippen LogP contribution in [0.15, 0.2) is 54.7 Å². The highest BCUT2D eigenvalue weighted by Gasteiger charge is 2.19. The Balaban J connectivity index is 1.98. The van der Waals surface area contributed by atoms with Gasteiger partial charge < -0.3 is 4.74 Å². The van der Waals surface area contributed by atoms with E-state index in [-0.39, 0.29) is 11.7 Å². The lowest BCUT2D eigenvalue weighted by Gasteiger charge is -2.08. The quantitative estimate of drug-likeness (QED) is 0.681. The highest BCUT2D eigenvalue weighted by molar-refractivity contribution is 7.92. The number of nitrogens with zero attached hydrogens (tertiary/aromatic N) is 1. The normalized spacial score (nSPS) is 11.3. The van der Waals surface area contributed by atoms with E-state index < -0.39 is 16.0 Å². The van der Waals surface area contributed by atoms with Crippen molar-refractivity contribution in [1.29, 1.82) is 0 Å². The van der Waals surface area contributed by atoms with E-state index in [4.69, 9.17) is 4.74 Å². The van der Waals surface area contributed by atoms with Crippen molar-refractivity contribution >= 4 is 38.5 Å². The second-order valence-electron chi connectivity index (χ2n) is 5.81. The predicted molar refractivity (Wildman–Crippen MR) is 103 cm³/mol. The van der Waals surface area contributed by atoms with E-state index >= 15 is 0 Å². The molecule has 0 saturated heterocycles. The zero-order valence-corrected chi connectivity index (χ0v) is 15.6. The summed E-state index contributed by atoms with van der Waals surface area (Å²) in [6, 6.07) is 13.1. The molecule has 0 unspecified atom stereocenters. The van der Waals surface area contributed by atoms with Gasteiger partial charge in [-0.1, -0.05) is 18.2 Å². The van der Waals surface area contributed by atoms with E-state index in [0.717, 1.165) is 0 Å². The highest BCUT2D eigenvalue weighted by Crippen LogP contribution is 2.23. The number of carbonyl (C=O) groups excluding carboxylic acids is 2. The Morgan fingerprint density at radius 3 is 2.37 bits per heavy atom. The molecule has 0 aliphatic rings. The van der Waals surface area contributed by atoms with Crippen molar-refractivity contribution in [3.8, 4) is 0 Å². The molecule has 27 heavy (non-hydrogen) atoms. The van der Waals surface area contributed by atoms with Crippen LogP contribution in [0.25, 0.3) is 10.9 Å². The van der Waals surface area contributed by atoms with Crippen LogP contribution in [0.2, 0.25) is 0 Å². The fraction of sp³-hybridized carbons (Fsp3) is 0.158. The number of methoxy groups -OCH3 is 1. The second-order valence-corrected chi connectivity index (χ2v) is 7.82. The number of rotatable bonds is 5. The fourth-order valence-corrected chi connectivity index (χ4v) is 3.33. The maximum atomic E-state index is 12.9. The van der Waals surface area contributed by atoms with Gasteiger partial charge in [0.05, 0.1) is 23.9 Å². The van der Waals surface area contributed by atoms with E-state index in [1.54, 1.807) is 24.3 Å². The maximum absolute atomic E-state index is 12.9. The van der Waals surface area contributed by atoms with Gasteiger partial charge in [0.2, 0.25) is 10.0 Å². The van der Waals surface area contributed by atoms with Gasteiger partial charge in [0.25, 0.3) is 5.91 Å². The van der Waals surface area contributed by atoms with Gasteiger partial charge in [-0.25, -0.2) is 13.2 Å². The third kappa shape index (κ3) is 3.70. The van der Waals surface area contributed by atoms with Gasteiger partial charge in [0.15, 0.2) is 0 Å². The SMILES string of the molecule is CCS(=O)(=O)Nc1ccc(C(=O)n2cc(C(=O)OC)c3ccccc32)cc1. The van der Waals surface area contributed by atoms with Crippen molar-refractivity contribution in [3.63, 3.8) is 0 Å². The summed E-state index contributed by atoms with van der Waals surface area (Å²) in [4.78, 5) is 24.9. The second kappa shape index (κ2) is 7.24. The van der Waals surface area contributed by atoms with Crippen molar-refractivity contribution in [2.24, 2.45) is 0 Å². The van der Waals surface area contributed by atoms with E-state index in [0.29, 0.717) is 27.7 Å². The zero-order valence-electron chi connectivity index (χ0n) is 14.8. The number of benzene rings is 2. The average Bonchev–Trinajstić information content (AvgIpc) is 3.07.